The van der Waals surface area contributed by atoms with Crippen LogP contribution in [-0.2, 0) is 9.47 Å². The van der Waals surface area contributed by atoms with E-state index in [4.69, 9.17) is 9.47 Å². The minimum Gasteiger partial charge on any atom is -0.385 e. The van der Waals surface area contributed by atoms with E-state index < -0.39 is 0 Å². The predicted molar refractivity (Wildman–Crippen MR) is 88.8 cm³/mol. The molecule has 0 aromatic rings. The van der Waals surface area contributed by atoms with E-state index >= 15 is 0 Å². The van der Waals surface area contributed by atoms with E-state index in [-0.39, 0.29) is 6.10 Å². The van der Waals surface area contributed by atoms with Crippen molar-refractivity contribution in [2.24, 2.45) is 11.3 Å². The van der Waals surface area contributed by atoms with Crippen LogP contribution in [0, 0.1) is 11.3 Å². The first-order valence-electron chi connectivity index (χ1n) is 9.07. The summed E-state index contributed by atoms with van der Waals surface area (Å²) in [5.74, 6) is 0.721. The van der Waals surface area contributed by atoms with Gasteiger partial charge in [0.2, 0.25) is 0 Å². The van der Waals surface area contributed by atoms with E-state index in [1.54, 1.807) is 0 Å². The molecule has 0 radical (unpaired) electrons. The molecule has 1 saturated heterocycles. The number of ether oxygens (including phenoxy) is 2. The summed E-state index contributed by atoms with van der Waals surface area (Å²) in [5.41, 5.74) is 0.370. The van der Waals surface area contributed by atoms with Gasteiger partial charge in [-0.1, -0.05) is 20.8 Å². The number of hydrogen-bond donors (Lipinski definition) is 1. The Morgan fingerprint density at radius 3 is 2.55 bits per heavy atom. The molecule has 0 aromatic heterocycles. The van der Waals surface area contributed by atoms with Crippen molar-refractivity contribution < 1.29 is 19.1 Å². The Morgan fingerprint density at radius 1 is 1.27 bits per heavy atom. The third kappa shape index (κ3) is 5.19. The first-order chi connectivity index (χ1) is 10.3. The smallest absolute Gasteiger partial charge is 0.126 e. The van der Waals surface area contributed by atoms with Gasteiger partial charge in [0.25, 0.3) is 0 Å². The van der Waals surface area contributed by atoms with Crippen molar-refractivity contribution in [3.8, 4) is 0 Å². The lowest BCUT2D eigenvalue weighted by Gasteiger charge is -2.42. The van der Waals surface area contributed by atoms with Crippen LogP contribution in [0.1, 0.15) is 47.0 Å². The molecule has 0 amide bonds. The number of aliphatic hydroxyl groups is 1. The van der Waals surface area contributed by atoms with Gasteiger partial charge in [0.1, 0.15) is 25.7 Å². The molecule has 0 spiro atoms. The maximum atomic E-state index is 10.4. The first kappa shape index (κ1) is 18.2. The third-order valence-corrected chi connectivity index (χ3v) is 5.56. The molecule has 1 aliphatic heterocycles. The number of rotatable bonds is 6. The molecule has 3 atom stereocenters. The maximum Gasteiger partial charge on any atom is 0.126 e. The molecule has 22 heavy (non-hydrogen) atoms. The summed E-state index contributed by atoms with van der Waals surface area (Å²) >= 11 is 0. The Bertz CT molecular complexity index is 339. The highest BCUT2D eigenvalue weighted by Gasteiger charge is 2.34. The number of hydrogen-bond acceptors (Lipinski definition) is 3. The van der Waals surface area contributed by atoms with Crippen molar-refractivity contribution in [2.45, 2.75) is 59.2 Å². The molecule has 1 aliphatic carbocycles. The monoisotopic (exact) mass is 314 g/mol. The van der Waals surface area contributed by atoms with E-state index in [1.165, 1.54) is 6.42 Å². The van der Waals surface area contributed by atoms with E-state index in [9.17, 15) is 5.11 Å². The zero-order valence-electron chi connectivity index (χ0n) is 15.0. The Morgan fingerprint density at radius 2 is 1.95 bits per heavy atom. The van der Waals surface area contributed by atoms with Gasteiger partial charge in [0.15, 0.2) is 0 Å². The normalized spacial score (nSPS) is 32.6. The van der Waals surface area contributed by atoms with Gasteiger partial charge in [0, 0.05) is 0 Å². The van der Waals surface area contributed by atoms with Crippen molar-refractivity contribution in [3.05, 3.63) is 0 Å². The lowest BCUT2D eigenvalue weighted by Crippen LogP contribution is -2.58. The summed E-state index contributed by atoms with van der Waals surface area (Å²) in [5, 5.41) is 10.4. The number of aliphatic hydroxyl groups excluding tert-OH is 1. The van der Waals surface area contributed by atoms with Crippen molar-refractivity contribution in [3.63, 3.8) is 0 Å². The molecular formula is C18H36NO3+. The van der Waals surface area contributed by atoms with E-state index in [2.05, 4.69) is 27.7 Å². The van der Waals surface area contributed by atoms with Crippen LogP contribution >= 0.6 is 0 Å². The SMILES string of the molecule is CC[N+]1(C[C@H](O)CO[C@H]2C[C@@H](C)CC(C)(C)C2)CCOCC1. The molecule has 1 heterocycles. The molecule has 4 heteroatoms. The van der Waals surface area contributed by atoms with Crippen LogP contribution in [0.3, 0.4) is 0 Å². The largest absolute Gasteiger partial charge is 0.385 e. The number of morpholine rings is 1. The number of likely N-dealkylation sites (N-methyl/N-ethyl adjacent to an activating group) is 1. The minimum absolute atomic E-state index is 0.313. The fourth-order valence-electron chi connectivity index (χ4n) is 4.49. The summed E-state index contributed by atoms with van der Waals surface area (Å²) < 4.78 is 12.5. The molecule has 1 saturated carbocycles. The summed E-state index contributed by atoms with van der Waals surface area (Å²) in [7, 11) is 0. The van der Waals surface area contributed by atoms with E-state index in [1.807, 2.05) is 0 Å². The fourth-order valence-corrected chi connectivity index (χ4v) is 4.49. The lowest BCUT2D eigenvalue weighted by molar-refractivity contribution is -0.936. The highest BCUT2D eigenvalue weighted by Crippen LogP contribution is 2.39. The van der Waals surface area contributed by atoms with Gasteiger partial charge in [-0.3, -0.25) is 0 Å². The molecule has 0 aromatic carbocycles. The summed E-state index contributed by atoms with van der Waals surface area (Å²) in [4.78, 5) is 0. The Balaban J connectivity index is 1.78. The van der Waals surface area contributed by atoms with E-state index in [0.29, 0.717) is 18.1 Å². The van der Waals surface area contributed by atoms with Crippen molar-refractivity contribution in [1.82, 2.24) is 0 Å². The molecule has 130 valence electrons. The molecule has 2 fully saturated rings. The van der Waals surface area contributed by atoms with Gasteiger partial charge in [-0.2, -0.15) is 0 Å². The van der Waals surface area contributed by atoms with Gasteiger partial charge in [-0.05, 0) is 37.5 Å². The van der Waals surface area contributed by atoms with Crippen LogP contribution in [0.15, 0.2) is 0 Å². The van der Waals surface area contributed by atoms with Crippen LogP contribution < -0.4 is 0 Å². The van der Waals surface area contributed by atoms with Gasteiger partial charge >= 0.3 is 0 Å². The van der Waals surface area contributed by atoms with Crippen molar-refractivity contribution in [2.75, 3.05) is 46.0 Å². The maximum absolute atomic E-state index is 10.4. The Labute approximate surface area is 136 Å². The topological polar surface area (TPSA) is 38.7 Å². The summed E-state index contributed by atoms with van der Waals surface area (Å²) in [6.07, 6.45) is 3.49. The van der Waals surface area contributed by atoms with Gasteiger partial charge < -0.3 is 19.1 Å². The van der Waals surface area contributed by atoms with Crippen molar-refractivity contribution >= 4 is 0 Å². The molecule has 0 unspecified atom stereocenters. The second-order valence-corrected chi connectivity index (χ2v) is 8.42. The zero-order valence-corrected chi connectivity index (χ0v) is 15.0. The van der Waals surface area contributed by atoms with Gasteiger partial charge in [-0.15, -0.1) is 0 Å². The summed E-state index contributed by atoms with van der Waals surface area (Å²) in [6, 6.07) is 0. The average molecular weight is 314 g/mol. The highest BCUT2D eigenvalue weighted by molar-refractivity contribution is 4.83. The zero-order chi connectivity index (χ0) is 16.2. The van der Waals surface area contributed by atoms with Crippen LogP contribution in [0.4, 0.5) is 0 Å². The second kappa shape index (κ2) is 7.61. The standard InChI is InChI=1S/C18H36NO3/c1-5-19(6-8-21-9-7-19)13-16(20)14-22-17-10-15(2)11-18(3,4)12-17/h15-17,20H,5-14H2,1-4H3/q+1/t15-,16+,17+/m1/s1. The Kier molecular flexibility index (Phi) is 6.29. The van der Waals surface area contributed by atoms with E-state index in [0.717, 1.165) is 62.6 Å². The van der Waals surface area contributed by atoms with Crippen LogP contribution in [0.5, 0.6) is 0 Å². The molecule has 2 aliphatic rings. The van der Waals surface area contributed by atoms with Gasteiger partial charge in [0.05, 0.1) is 32.5 Å². The highest BCUT2D eigenvalue weighted by atomic mass is 16.5. The molecule has 4 nitrogen and oxygen atoms in total. The van der Waals surface area contributed by atoms with Crippen LogP contribution in [0.2, 0.25) is 0 Å². The average Bonchev–Trinajstić information content (AvgIpc) is 2.44. The van der Waals surface area contributed by atoms with Crippen LogP contribution in [-0.4, -0.2) is 67.8 Å². The van der Waals surface area contributed by atoms with Crippen LogP contribution in [0.25, 0.3) is 0 Å². The quantitative estimate of drug-likeness (QED) is 0.765. The summed E-state index contributed by atoms with van der Waals surface area (Å²) in [6.45, 7) is 15.2. The second-order valence-electron chi connectivity index (χ2n) is 8.42. The number of nitrogens with zero attached hydrogens (tertiary/aromatic N) is 1. The fraction of sp³-hybridized carbons (Fsp3) is 1.00. The molecule has 1 N–H and O–H groups in total. The molecule has 2 rings (SSSR count). The molecular weight excluding hydrogens is 278 g/mol. The Hall–Kier alpha value is -0.160. The van der Waals surface area contributed by atoms with Gasteiger partial charge in [-0.25, -0.2) is 0 Å². The number of quaternary nitrogens is 1. The molecule has 0 bridgehead atoms. The predicted octanol–water partition coefficient (Wildman–Crippen LogP) is 2.45. The first-order valence-corrected chi connectivity index (χ1v) is 9.07. The lowest BCUT2D eigenvalue weighted by atomic mass is 9.71. The third-order valence-electron chi connectivity index (χ3n) is 5.56. The van der Waals surface area contributed by atoms with Crippen molar-refractivity contribution in [1.29, 1.82) is 0 Å². The minimum atomic E-state index is -0.363.